The second-order valence-electron chi connectivity index (χ2n) is 7.53. The summed E-state index contributed by atoms with van der Waals surface area (Å²) >= 11 is 7.93. The zero-order valence-corrected chi connectivity index (χ0v) is 17.9. The number of nitrogens with zero attached hydrogens (tertiary/aromatic N) is 2. The van der Waals surface area contributed by atoms with E-state index in [1.807, 2.05) is 38.1 Å². The Labute approximate surface area is 178 Å². The molecule has 1 unspecified atom stereocenters. The molecular formula is C22H22ClN3O2S. The van der Waals surface area contributed by atoms with E-state index in [2.05, 4.69) is 16.4 Å². The van der Waals surface area contributed by atoms with Gasteiger partial charge in [0.15, 0.2) is 0 Å². The Balaban J connectivity index is 1.80. The van der Waals surface area contributed by atoms with Crippen LogP contribution >= 0.6 is 22.9 Å². The monoisotopic (exact) mass is 427 g/mol. The molecule has 4 rings (SSSR count). The van der Waals surface area contributed by atoms with Crippen LogP contribution in [-0.4, -0.2) is 29.8 Å². The summed E-state index contributed by atoms with van der Waals surface area (Å²) in [6.45, 7) is 5.50. The molecule has 0 spiro atoms. The number of hydrogen-bond acceptors (Lipinski definition) is 6. The van der Waals surface area contributed by atoms with Gasteiger partial charge in [0.25, 0.3) is 0 Å². The number of aliphatic hydroxyl groups excluding tert-OH is 1. The van der Waals surface area contributed by atoms with Gasteiger partial charge in [-0.05, 0) is 43.2 Å². The topological polar surface area (TPSA) is 78.2 Å². The molecule has 2 aromatic heterocycles. The van der Waals surface area contributed by atoms with Gasteiger partial charge >= 0.3 is 0 Å². The lowest BCUT2D eigenvalue weighted by molar-refractivity contribution is 0.137. The lowest BCUT2D eigenvalue weighted by Crippen LogP contribution is -2.55. The van der Waals surface area contributed by atoms with E-state index in [1.165, 1.54) is 0 Å². The van der Waals surface area contributed by atoms with E-state index in [9.17, 15) is 10.4 Å². The van der Waals surface area contributed by atoms with E-state index in [-0.39, 0.29) is 0 Å². The third kappa shape index (κ3) is 3.72. The van der Waals surface area contributed by atoms with Crippen molar-refractivity contribution in [3.05, 3.63) is 45.9 Å². The Morgan fingerprint density at radius 3 is 2.83 bits per heavy atom. The minimum Gasteiger partial charge on any atom is -0.491 e. The van der Waals surface area contributed by atoms with Crippen molar-refractivity contribution in [3.8, 4) is 22.9 Å². The molecular weight excluding hydrogens is 406 g/mol. The van der Waals surface area contributed by atoms with Crippen molar-refractivity contribution in [1.29, 1.82) is 5.26 Å². The minimum atomic E-state index is -0.500. The van der Waals surface area contributed by atoms with Crippen LogP contribution in [0.4, 0.5) is 0 Å². The first-order chi connectivity index (χ1) is 14.0. The highest BCUT2D eigenvalue weighted by Gasteiger charge is 2.38. The van der Waals surface area contributed by atoms with E-state index in [4.69, 9.17) is 16.3 Å². The van der Waals surface area contributed by atoms with Gasteiger partial charge in [0.2, 0.25) is 0 Å². The number of halogens is 1. The second kappa shape index (κ2) is 7.92. The van der Waals surface area contributed by atoms with Gasteiger partial charge in [0.05, 0.1) is 22.4 Å². The van der Waals surface area contributed by atoms with Crippen molar-refractivity contribution >= 4 is 33.2 Å². The van der Waals surface area contributed by atoms with Crippen LogP contribution in [0.2, 0.25) is 5.02 Å². The molecule has 1 saturated heterocycles. The molecule has 0 radical (unpaired) electrons. The van der Waals surface area contributed by atoms with Crippen LogP contribution in [0.25, 0.3) is 21.3 Å². The predicted octanol–water partition coefficient (Wildman–Crippen LogP) is 4.86. The zero-order valence-electron chi connectivity index (χ0n) is 16.3. The number of fused-ring (bicyclic) bond motifs is 1. The van der Waals surface area contributed by atoms with Crippen LogP contribution in [-0.2, 0) is 0 Å². The Bertz CT molecular complexity index is 1100. The molecule has 0 saturated carbocycles. The summed E-state index contributed by atoms with van der Waals surface area (Å²) in [5.41, 5.74) is 3.12. The van der Waals surface area contributed by atoms with Gasteiger partial charge in [-0.3, -0.25) is 4.98 Å². The van der Waals surface area contributed by atoms with E-state index < -0.39 is 11.5 Å². The third-order valence-electron chi connectivity index (χ3n) is 5.33. The van der Waals surface area contributed by atoms with Crippen LogP contribution in [0.3, 0.4) is 0 Å². The maximum Gasteiger partial charge on any atom is 0.130 e. The number of pyridine rings is 1. The van der Waals surface area contributed by atoms with Crippen molar-refractivity contribution < 1.29 is 9.84 Å². The number of thiophene rings is 1. The Kier molecular flexibility index (Phi) is 5.50. The lowest BCUT2D eigenvalue weighted by Gasteiger charge is -2.36. The van der Waals surface area contributed by atoms with Gasteiger partial charge in [0.1, 0.15) is 17.8 Å². The fourth-order valence-corrected chi connectivity index (χ4v) is 4.99. The number of nitriles is 1. The summed E-state index contributed by atoms with van der Waals surface area (Å²) < 4.78 is 7.20. The van der Waals surface area contributed by atoms with Crippen molar-refractivity contribution in [1.82, 2.24) is 10.3 Å². The van der Waals surface area contributed by atoms with Crippen LogP contribution in [0.15, 0.2) is 30.5 Å². The molecule has 0 aliphatic carbocycles. The van der Waals surface area contributed by atoms with Crippen LogP contribution in [0, 0.1) is 23.7 Å². The second-order valence-corrected chi connectivity index (χ2v) is 9.05. The van der Waals surface area contributed by atoms with E-state index in [0.29, 0.717) is 31.1 Å². The van der Waals surface area contributed by atoms with Gasteiger partial charge in [-0.2, -0.15) is 5.26 Å². The van der Waals surface area contributed by atoms with Crippen molar-refractivity contribution in [2.45, 2.75) is 26.4 Å². The molecule has 0 amide bonds. The molecule has 1 aliphatic heterocycles. The molecule has 1 fully saturated rings. The highest BCUT2D eigenvalue weighted by molar-refractivity contribution is 7.19. The van der Waals surface area contributed by atoms with Crippen LogP contribution in [0.1, 0.15) is 29.9 Å². The quantitative estimate of drug-likeness (QED) is 0.587. The summed E-state index contributed by atoms with van der Waals surface area (Å²) in [4.78, 5) is 5.37. The van der Waals surface area contributed by atoms with Crippen LogP contribution in [0.5, 0.6) is 5.75 Å². The molecule has 1 aromatic carbocycles. The molecule has 1 atom stereocenters. The third-order valence-corrected chi connectivity index (χ3v) is 6.81. The number of aliphatic hydroxyl groups is 1. The number of hydrogen-bond donors (Lipinski definition) is 2. The first kappa shape index (κ1) is 20.1. The largest absolute Gasteiger partial charge is 0.491 e. The lowest BCUT2D eigenvalue weighted by atomic mass is 9.84. The van der Waals surface area contributed by atoms with Gasteiger partial charge in [-0.15, -0.1) is 11.3 Å². The van der Waals surface area contributed by atoms with E-state index in [0.717, 1.165) is 37.5 Å². The van der Waals surface area contributed by atoms with E-state index >= 15 is 0 Å². The fraction of sp³-hybridized carbons (Fsp3) is 0.364. The van der Waals surface area contributed by atoms with Crippen molar-refractivity contribution in [2.75, 3.05) is 19.7 Å². The normalized spacial score (nSPS) is 16.2. The Morgan fingerprint density at radius 1 is 1.38 bits per heavy atom. The Morgan fingerprint density at radius 2 is 2.17 bits per heavy atom. The summed E-state index contributed by atoms with van der Waals surface area (Å²) in [7, 11) is 0. The molecule has 1 aliphatic rings. The summed E-state index contributed by atoms with van der Waals surface area (Å²) in [6.07, 6.45) is 1.91. The fourth-order valence-electron chi connectivity index (χ4n) is 3.51. The number of rotatable bonds is 6. The summed E-state index contributed by atoms with van der Waals surface area (Å²) in [6, 6.07) is 10.0. The van der Waals surface area contributed by atoms with Crippen molar-refractivity contribution in [3.63, 3.8) is 0 Å². The maximum absolute atomic E-state index is 10.3. The molecule has 7 heteroatoms. The predicted molar refractivity (Wildman–Crippen MR) is 116 cm³/mol. The number of nitrogens with one attached hydrogen (secondary N) is 1. The highest BCUT2D eigenvalue weighted by atomic mass is 35.5. The molecule has 0 bridgehead atoms. The van der Waals surface area contributed by atoms with Gasteiger partial charge < -0.3 is 15.2 Å². The van der Waals surface area contributed by atoms with Crippen molar-refractivity contribution in [2.24, 2.45) is 5.41 Å². The number of benzene rings is 1. The average molecular weight is 428 g/mol. The van der Waals surface area contributed by atoms with Gasteiger partial charge in [-0.25, -0.2) is 0 Å². The highest BCUT2D eigenvalue weighted by Crippen LogP contribution is 2.43. The zero-order chi connectivity index (χ0) is 20.6. The molecule has 2 N–H and O–H groups in total. The number of aryl methyl sites for hydroxylation is 1. The van der Waals surface area contributed by atoms with E-state index in [1.54, 1.807) is 17.5 Å². The molecule has 3 heterocycles. The number of aromatic nitrogens is 1. The minimum absolute atomic E-state index is 0.324. The summed E-state index contributed by atoms with van der Waals surface area (Å²) in [5.74, 6) is 0.731. The first-order valence-corrected chi connectivity index (χ1v) is 10.8. The average Bonchev–Trinajstić information content (AvgIpc) is 3.12. The van der Waals surface area contributed by atoms with Crippen LogP contribution < -0.4 is 10.1 Å². The molecule has 29 heavy (non-hydrogen) atoms. The smallest absolute Gasteiger partial charge is 0.130 e. The van der Waals surface area contributed by atoms with Gasteiger partial charge in [-0.1, -0.05) is 18.5 Å². The standard InChI is InChI=1S/C22H22ClN3O2S/c1-3-18(27)19-8-17-21(29-19)15(4-5-26-17)16-7-14(23)6-13(2)20(16)28-12-22(9-24)10-25-11-22/h4-8,18,25,27H,3,10-12H2,1-2H3. The molecule has 150 valence electrons. The number of ether oxygens (including phenoxy) is 1. The summed E-state index contributed by atoms with van der Waals surface area (Å²) in [5, 5.41) is 23.6. The first-order valence-electron chi connectivity index (χ1n) is 9.58. The molecule has 5 nitrogen and oxygen atoms in total. The Hall–Kier alpha value is -2.17. The van der Waals surface area contributed by atoms with Gasteiger partial charge in [0, 0.05) is 40.3 Å². The maximum atomic E-state index is 10.3. The molecule has 3 aromatic rings. The SMILES string of the molecule is CCC(O)c1cc2nccc(-c3cc(Cl)cc(C)c3OCC3(C#N)CNC3)c2s1.